The molecule has 1 aliphatic heterocycles. The fourth-order valence-corrected chi connectivity index (χ4v) is 3.72. The third-order valence-corrected chi connectivity index (χ3v) is 5.60. The van der Waals surface area contributed by atoms with Gasteiger partial charge in [-0.05, 0) is 48.5 Å². The minimum Gasteiger partial charge on any atom is -0.467 e. The smallest absolute Gasteiger partial charge is 0.253 e. The highest BCUT2D eigenvalue weighted by Gasteiger charge is 2.35. The molecule has 1 fully saturated rings. The average molecular weight is 482 g/mol. The number of hydrogen-bond donors (Lipinski definition) is 2. The predicted molar refractivity (Wildman–Crippen MR) is 120 cm³/mol. The molecule has 0 aliphatic carbocycles. The molecule has 2 N–H and O–H groups in total. The van der Waals surface area contributed by atoms with Crippen molar-refractivity contribution in [2.45, 2.75) is 13.0 Å². The lowest BCUT2D eigenvalue weighted by Crippen LogP contribution is -2.29. The number of amides is 3. The van der Waals surface area contributed by atoms with Crippen LogP contribution in [0.25, 0.3) is 0 Å². The lowest BCUT2D eigenvalue weighted by molar-refractivity contribution is -0.122. The van der Waals surface area contributed by atoms with Crippen LogP contribution in [0.15, 0.2) is 75.8 Å². The van der Waals surface area contributed by atoms with E-state index in [9.17, 15) is 14.4 Å². The molecule has 0 unspecified atom stereocenters. The van der Waals surface area contributed by atoms with Crippen molar-refractivity contribution in [2.75, 3.05) is 16.8 Å². The van der Waals surface area contributed by atoms with Gasteiger partial charge in [-0.2, -0.15) is 0 Å². The number of benzene rings is 2. The van der Waals surface area contributed by atoms with Gasteiger partial charge in [0.25, 0.3) is 5.91 Å². The standard InChI is InChI=1S/C23H20BrN3O4/c24-16-7-9-17(10-8-16)27-14-15(12-21(27)28)22(29)26-20-6-2-1-5-19(20)23(30)25-13-18-4-3-11-31-18/h1-11,15H,12-14H2,(H,25,30)(H,26,29)/t15-/m1/s1. The highest BCUT2D eigenvalue weighted by Crippen LogP contribution is 2.27. The summed E-state index contributed by atoms with van der Waals surface area (Å²) in [7, 11) is 0. The molecule has 2 heterocycles. The Morgan fingerprint density at radius 2 is 1.84 bits per heavy atom. The Hall–Kier alpha value is -3.39. The average Bonchev–Trinajstić information content (AvgIpc) is 3.43. The van der Waals surface area contributed by atoms with Gasteiger partial charge < -0.3 is 20.0 Å². The van der Waals surface area contributed by atoms with Crippen LogP contribution in [-0.2, 0) is 16.1 Å². The fourth-order valence-electron chi connectivity index (χ4n) is 3.45. The molecule has 0 radical (unpaired) electrons. The summed E-state index contributed by atoms with van der Waals surface area (Å²) in [6, 6.07) is 17.7. The quantitative estimate of drug-likeness (QED) is 0.557. The second kappa shape index (κ2) is 9.18. The third-order valence-electron chi connectivity index (χ3n) is 5.07. The molecule has 7 nitrogen and oxygen atoms in total. The van der Waals surface area contributed by atoms with Crippen LogP contribution in [0.2, 0.25) is 0 Å². The first-order valence-corrected chi connectivity index (χ1v) is 10.6. The zero-order valence-corrected chi connectivity index (χ0v) is 18.1. The summed E-state index contributed by atoms with van der Waals surface area (Å²) in [5, 5.41) is 5.59. The summed E-state index contributed by atoms with van der Waals surface area (Å²) in [5.74, 6) is -0.597. The molecule has 1 aromatic heterocycles. The number of furan rings is 1. The number of nitrogens with zero attached hydrogens (tertiary/aromatic N) is 1. The molecule has 1 aliphatic rings. The maximum atomic E-state index is 12.9. The molecule has 3 amide bonds. The Morgan fingerprint density at radius 1 is 1.06 bits per heavy atom. The molecule has 4 rings (SSSR count). The molecular formula is C23H20BrN3O4. The Labute approximate surface area is 187 Å². The van der Waals surface area contributed by atoms with Crippen LogP contribution < -0.4 is 15.5 Å². The first kappa shape index (κ1) is 20.9. The summed E-state index contributed by atoms with van der Waals surface area (Å²) >= 11 is 3.38. The molecule has 1 atom stereocenters. The summed E-state index contributed by atoms with van der Waals surface area (Å²) in [6.07, 6.45) is 1.66. The summed E-state index contributed by atoms with van der Waals surface area (Å²) in [6.45, 7) is 0.534. The van der Waals surface area contributed by atoms with Crippen molar-refractivity contribution in [3.63, 3.8) is 0 Å². The number of carbonyl (C=O) groups is 3. The van der Waals surface area contributed by atoms with Crippen LogP contribution in [0, 0.1) is 5.92 Å². The highest BCUT2D eigenvalue weighted by atomic mass is 79.9. The van der Waals surface area contributed by atoms with Gasteiger partial charge >= 0.3 is 0 Å². The minimum atomic E-state index is -0.504. The summed E-state index contributed by atoms with van der Waals surface area (Å²) < 4.78 is 6.14. The summed E-state index contributed by atoms with van der Waals surface area (Å²) in [5.41, 5.74) is 1.50. The Kier molecular flexibility index (Phi) is 6.18. The minimum absolute atomic E-state index is 0.105. The van der Waals surface area contributed by atoms with E-state index in [1.54, 1.807) is 41.3 Å². The topological polar surface area (TPSA) is 91.6 Å². The van der Waals surface area contributed by atoms with Crippen LogP contribution in [0.4, 0.5) is 11.4 Å². The van der Waals surface area contributed by atoms with E-state index in [-0.39, 0.29) is 30.7 Å². The SMILES string of the molecule is O=C(NCc1ccco1)c1ccccc1NC(=O)[C@@H]1CC(=O)N(c2ccc(Br)cc2)C1. The number of rotatable bonds is 6. The molecule has 8 heteroatoms. The normalized spacial score (nSPS) is 15.7. The molecule has 0 bridgehead atoms. The van der Waals surface area contributed by atoms with Gasteiger partial charge in [0.1, 0.15) is 5.76 Å². The second-order valence-corrected chi connectivity index (χ2v) is 8.09. The van der Waals surface area contributed by atoms with Gasteiger partial charge in [-0.3, -0.25) is 14.4 Å². The predicted octanol–water partition coefficient (Wildman–Crippen LogP) is 3.96. The van der Waals surface area contributed by atoms with E-state index in [1.807, 2.05) is 24.3 Å². The van der Waals surface area contributed by atoms with E-state index in [4.69, 9.17) is 4.42 Å². The second-order valence-electron chi connectivity index (χ2n) is 7.18. The number of halogens is 1. The fraction of sp³-hybridized carbons (Fsp3) is 0.174. The molecule has 0 spiro atoms. The van der Waals surface area contributed by atoms with Crippen molar-refractivity contribution in [3.8, 4) is 0 Å². The van der Waals surface area contributed by atoms with Crippen molar-refractivity contribution >= 4 is 45.0 Å². The first-order chi connectivity index (χ1) is 15.0. The van der Waals surface area contributed by atoms with Crippen molar-refractivity contribution in [3.05, 3.63) is 82.7 Å². The number of hydrogen-bond acceptors (Lipinski definition) is 4. The Balaban J connectivity index is 1.42. The Bertz CT molecular complexity index is 1100. The van der Waals surface area contributed by atoms with Crippen LogP contribution in [-0.4, -0.2) is 24.3 Å². The van der Waals surface area contributed by atoms with Crippen molar-refractivity contribution in [1.82, 2.24) is 5.32 Å². The monoisotopic (exact) mass is 481 g/mol. The van der Waals surface area contributed by atoms with E-state index in [0.29, 0.717) is 23.6 Å². The van der Waals surface area contributed by atoms with E-state index >= 15 is 0 Å². The van der Waals surface area contributed by atoms with Crippen molar-refractivity contribution < 1.29 is 18.8 Å². The van der Waals surface area contributed by atoms with Gasteiger partial charge in [0.15, 0.2) is 0 Å². The van der Waals surface area contributed by atoms with Gasteiger partial charge in [-0.25, -0.2) is 0 Å². The van der Waals surface area contributed by atoms with Crippen LogP contribution >= 0.6 is 15.9 Å². The lowest BCUT2D eigenvalue weighted by atomic mass is 10.1. The van der Waals surface area contributed by atoms with E-state index in [1.165, 1.54) is 6.26 Å². The van der Waals surface area contributed by atoms with Crippen LogP contribution in [0.5, 0.6) is 0 Å². The van der Waals surface area contributed by atoms with Gasteiger partial charge in [0.2, 0.25) is 11.8 Å². The molecule has 158 valence electrons. The maximum Gasteiger partial charge on any atom is 0.253 e. The molecule has 0 saturated carbocycles. The number of para-hydroxylation sites is 1. The zero-order valence-electron chi connectivity index (χ0n) is 16.5. The molecule has 3 aromatic rings. The zero-order chi connectivity index (χ0) is 21.8. The first-order valence-electron chi connectivity index (χ1n) is 9.77. The van der Waals surface area contributed by atoms with Gasteiger partial charge in [-0.15, -0.1) is 0 Å². The largest absolute Gasteiger partial charge is 0.467 e. The van der Waals surface area contributed by atoms with Crippen molar-refractivity contribution in [1.29, 1.82) is 0 Å². The number of carbonyl (C=O) groups excluding carboxylic acids is 3. The van der Waals surface area contributed by atoms with Crippen LogP contribution in [0.1, 0.15) is 22.5 Å². The van der Waals surface area contributed by atoms with E-state index < -0.39 is 5.92 Å². The molecule has 2 aromatic carbocycles. The van der Waals surface area contributed by atoms with Crippen LogP contribution in [0.3, 0.4) is 0 Å². The van der Waals surface area contributed by atoms with Gasteiger partial charge in [-0.1, -0.05) is 28.1 Å². The molecule has 31 heavy (non-hydrogen) atoms. The van der Waals surface area contributed by atoms with Crippen molar-refractivity contribution in [2.24, 2.45) is 5.92 Å². The number of anilines is 2. The van der Waals surface area contributed by atoms with Gasteiger partial charge in [0.05, 0.1) is 30.0 Å². The van der Waals surface area contributed by atoms with E-state index in [0.717, 1.165) is 10.2 Å². The summed E-state index contributed by atoms with van der Waals surface area (Å²) in [4.78, 5) is 39.5. The number of nitrogens with one attached hydrogen (secondary N) is 2. The third kappa shape index (κ3) is 4.86. The highest BCUT2D eigenvalue weighted by molar-refractivity contribution is 9.10. The van der Waals surface area contributed by atoms with E-state index in [2.05, 4.69) is 26.6 Å². The Morgan fingerprint density at radius 3 is 2.58 bits per heavy atom. The molecule has 1 saturated heterocycles. The lowest BCUT2D eigenvalue weighted by Gasteiger charge is -2.17. The maximum absolute atomic E-state index is 12.9. The van der Waals surface area contributed by atoms with Gasteiger partial charge in [0, 0.05) is 23.1 Å². The molecular weight excluding hydrogens is 462 g/mol.